The van der Waals surface area contributed by atoms with Gasteiger partial charge in [-0.1, -0.05) is 36.2 Å². The lowest BCUT2D eigenvalue weighted by Gasteiger charge is -2.37. The van der Waals surface area contributed by atoms with E-state index in [0.717, 1.165) is 55.9 Å². The Morgan fingerprint density at radius 1 is 0.963 bits per heavy atom. The molecular formula is C38H40Cl2F3N7O4. The maximum atomic E-state index is 13.4. The highest BCUT2D eigenvalue weighted by Crippen LogP contribution is 2.41. The van der Waals surface area contributed by atoms with Crippen molar-refractivity contribution in [1.29, 1.82) is 0 Å². The third kappa shape index (κ3) is 7.83. The minimum absolute atomic E-state index is 0.0389. The fraction of sp³-hybridized carbons (Fsp3) is 0.395. The van der Waals surface area contributed by atoms with Crippen LogP contribution in [0.5, 0.6) is 5.75 Å². The molecule has 3 aromatic carbocycles. The van der Waals surface area contributed by atoms with Gasteiger partial charge in [0.15, 0.2) is 5.69 Å². The van der Waals surface area contributed by atoms with E-state index in [2.05, 4.69) is 19.9 Å². The normalized spacial score (nSPS) is 19.7. The maximum Gasteiger partial charge on any atom is 0.434 e. The Kier molecular flexibility index (Phi) is 10.7. The van der Waals surface area contributed by atoms with Gasteiger partial charge in [-0.05, 0) is 80.9 Å². The SMILES string of the molecule is CCC(C)n1ncn(-c2ccc(N3CCN(c4ccc(OC[C@@H]5CO[C@@](Cn6cc(C(F)(F)F)nc6C)(c6ccc(Cl)cc6Cl)O5)cc4)CC3)cc2)c1=O. The lowest BCUT2D eigenvalue weighted by Crippen LogP contribution is -2.46. The number of aryl methyl sites for hydroxylation is 1. The van der Waals surface area contributed by atoms with Crippen molar-refractivity contribution >= 4 is 34.6 Å². The van der Waals surface area contributed by atoms with E-state index in [1.165, 1.54) is 22.2 Å². The van der Waals surface area contributed by atoms with E-state index in [0.29, 0.717) is 16.3 Å². The second-order valence-corrected chi connectivity index (χ2v) is 14.4. The Morgan fingerprint density at radius 3 is 2.19 bits per heavy atom. The number of hydrogen-bond donors (Lipinski definition) is 0. The molecule has 286 valence electrons. The second-order valence-electron chi connectivity index (χ2n) is 13.5. The first-order valence-corrected chi connectivity index (χ1v) is 18.5. The minimum atomic E-state index is -4.60. The number of alkyl halides is 3. The van der Waals surface area contributed by atoms with E-state index in [1.54, 1.807) is 23.0 Å². The van der Waals surface area contributed by atoms with Crippen LogP contribution >= 0.6 is 23.2 Å². The Labute approximate surface area is 320 Å². The Balaban J connectivity index is 0.949. The summed E-state index contributed by atoms with van der Waals surface area (Å²) in [6.07, 6.45) is -1.81. The van der Waals surface area contributed by atoms with Gasteiger partial charge in [-0.15, -0.1) is 0 Å². The standard InChI is InChI=1S/C38H40Cl2F3N7O4/c1-4-25(2)50-36(51)49(24-44-50)30-8-6-28(7-9-30)46-15-17-47(18-16-46)29-10-12-31(13-11-29)52-21-32-22-53-37(54-32,33-14-5-27(39)19-34(33)40)23-48-20-35(38(41,42)43)45-26(48)3/h5-14,19-20,24-25,32H,4,15-18,21-23H2,1-3H3/t25?,32-,37-/m1/s1. The molecule has 2 aliphatic heterocycles. The van der Waals surface area contributed by atoms with Gasteiger partial charge in [0.05, 0.1) is 29.9 Å². The first kappa shape index (κ1) is 37.8. The van der Waals surface area contributed by atoms with E-state index in [1.807, 2.05) is 62.4 Å². The molecule has 0 spiro atoms. The highest BCUT2D eigenvalue weighted by molar-refractivity contribution is 6.35. The first-order chi connectivity index (χ1) is 25.8. The molecule has 54 heavy (non-hydrogen) atoms. The largest absolute Gasteiger partial charge is 0.491 e. The summed E-state index contributed by atoms with van der Waals surface area (Å²) in [6, 6.07) is 20.7. The highest BCUT2D eigenvalue weighted by atomic mass is 35.5. The lowest BCUT2D eigenvalue weighted by molar-refractivity contribution is -0.189. The number of hydrogen-bond acceptors (Lipinski definition) is 8. The minimum Gasteiger partial charge on any atom is -0.491 e. The molecule has 2 saturated heterocycles. The molecule has 1 unspecified atom stereocenters. The number of aromatic nitrogens is 5. The van der Waals surface area contributed by atoms with E-state index in [9.17, 15) is 18.0 Å². The van der Waals surface area contributed by atoms with Crippen molar-refractivity contribution in [3.8, 4) is 11.4 Å². The summed E-state index contributed by atoms with van der Waals surface area (Å²) in [5.41, 5.74) is 2.23. The average molecular weight is 787 g/mol. The quantitative estimate of drug-likeness (QED) is 0.136. The number of nitrogens with zero attached hydrogens (tertiary/aromatic N) is 7. The van der Waals surface area contributed by atoms with Crippen LogP contribution in [-0.2, 0) is 28.0 Å². The summed E-state index contributed by atoms with van der Waals surface area (Å²) in [4.78, 5) is 21.2. The van der Waals surface area contributed by atoms with Crippen molar-refractivity contribution in [2.45, 2.75) is 57.8 Å². The van der Waals surface area contributed by atoms with Gasteiger partial charge in [-0.3, -0.25) is 0 Å². The van der Waals surface area contributed by atoms with Gasteiger partial charge in [0.1, 0.15) is 30.6 Å². The monoisotopic (exact) mass is 785 g/mol. The molecule has 2 fully saturated rings. The summed E-state index contributed by atoms with van der Waals surface area (Å²) < 4.78 is 63.5. The molecule has 0 amide bonds. The third-order valence-corrected chi connectivity index (χ3v) is 10.5. The van der Waals surface area contributed by atoms with Crippen molar-refractivity contribution in [3.05, 3.63) is 117 Å². The molecule has 0 saturated carbocycles. The number of anilines is 2. The van der Waals surface area contributed by atoms with Crippen LogP contribution in [0.2, 0.25) is 10.0 Å². The molecule has 0 N–H and O–H groups in total. The zero-order chi connectivity index (χ0) is 38.2. The van der Waals surface area contributed by atoms with Gasteiger partial charge in [0, 0.05) is 54.3 Å². The van der Waals surface area contributed by atoms with E-state index in [4.69, 9.17) is 37.4 Å². The van der Waals surface area contributed by atoms with Gasteiger partial charge in [0.25, 0.3) is 0 Å². The summed E-state index contributed by atoms with van der Waals surface area (Å²) in [5.74, 6) is -0.721. The Bertz CT molecular complexity index is 2130. The van der Waals surface area contributed by atoms with Gasteiger partial charge < -0.3 is 28.6 Å². The molecule has 0 bridgehead atoms. The molecule has 5 aromatic rings. The van der Waals surface area contributed by atoms with Crippen LogP contribution in [-0.4, -0.2) is 69.4 Å². The number of ether oxygens (including phenoxy) is 3. The van der Waals surface area contributed by atoms with Crippen LogP contribution in [0.1, 0.15) is 43.4 Å². The average Bonchev–Trinajstić information content (AvgIpc) is 3.87. The molecule has 0 radical (unpaired) electrons. The summed E-state index contributed by atoms with van der Waals surface area (Å²) >= 11 is 12.7. The summed E-state index contributed by atoms with van der Waals surface area (Å²) in [7, 11) is 0. The first-order valence-electron chi connectivity index (χ1n) is 17.7. The van der Waals surface area contributed by atoms with Gasteiger partial charge in [0.2, 0.25) is 5.79 Å². The second kappa shape index (κ2) is 15.3. The molecule has 0 aliphatic carbocycles. The summed E-state index contributed by atoms with van der Waals surface area (Å²) in [6.45, 7) is 8.94. The number of rotatable bonds is 11. The Hall–Kier alpha value is -4.50. The van der Waals surface area contributed by atoms with E-state index < -0.39 is 23.8 Å². The topological polar surface area (TPSA) is 91.8 Å². The number of piperazine rings is 1. The van der Waals surface area contributed by atoms with E-state index in [-0.39, 0.29) is 42.3 Å². The zero-order valence-electron chi connectivity index (χ0n) is 30.0. The number of halogens is 5. The van der Waals surface area contributed by atoms with Crippen LogP contribution in [0, 0.1) is 6.92 Å². The van der Waals surface area contributed by atoms with E-state index >= 15 is 0 Å². The van der Waals surface area contributed by atoms with Gasteiger partial charge in [-0.25, -0.2) is 19.0 Å². The maximum absolute atomic E-state index is 13.4. The van der Waals surface area contributed by atoms with Crippen molar-refractivity contribution < 1.29 is 27.4 Å². The number of benzene rings is 3. The third-order valence-electron chi connectivity index (χ3n) is 9.96. The number of imidazole rings is 1. The van der Waals surface area contributed by atoms with Gasteiger partial charge >= 0.3 is 11.9 Å². The molecule has 2 aromatic heterocycles. The molecule has 16 heteroatoms. The smallest absolute Gasteiger partial charge is 0.434 e. The van der Waals surface area contributed by atoms with Crippen LogP contribution in [0.15, 0.2) is 84.0 Å². The van der Waals surface area contributed by atoms with Crippen LogP contribution < -0.4 is 20.2 Å². The molecule has 7 rings (SSSR count). The fourth-order valence-corrected chi connectivity index (χ4v) is 7.29. The van der Waals surface area contributed by atoms with Crippen molar-refractivity contribution in [2.75, 3.05) is 49.2 Å². The highest BCUT2D eigenvalue weighted by Gasteiger charge is 2.46. The van der Waals surface area contributed by atoms with Crippen LogP contribution in [0.4, 0.5) is 24.5 Å². The van der Waals surface area contributed by atoms with Crippen LogP contribution in [0.25, 0.3) is 5.69 Å². The molecular weight excluding hydrogens is 746 g/mol. The lowest BCUT2D eigenvalue weighted by atomic mass is 10.1. The summed E-state index contributed by atoms with van der Waals surface area (Å²) in [5, 5.41) is 4.94. The van der Waals surface area contributed by atoms with Crippen molar-refractivity contribution in [2.24, 2.45) is 0 Å². The zero-order valence-corrected chi connectivity index (χ0v) is 31.5. The van der Waals surface area contributed by atoms with Gasteiger partial charge in [-0.2, -0.15) is 18.3 Å². The van der Waals surface area contributed by atoms with Crippen LogP contribution in [0.3, 0.4) is 0 Å². The Morgan fingerprint density at radius 2 is 1.59 bits per heavy atom. The molecule has 2 aliphatic rings. The van der Waals surface area contributed by atoms with Crippen molar-refractivity contribution in [3.63, 3.8) is 0 Å². The molecule has 11 nitrogen and oxygen atoms in total. The molecule has 4 heterocycles. The fourth-order valence-electron chi connectivity index (χ4n) is 6.74. The van der Waals surface area contributed by atoms with Crippen molar-refractivity contribution in [1.82, 2.24) is 23.9 Å². The molecule has 3 atom stereocenters. The predicted molar refractivity (Wildman–Crippen MR) is 200 cm³/mol. The predicted octanol–water partition coefficient (Wildman–Crippen LogP) is 7.51.